The van der Waals surface area contributed by atoms with E-state index in [4.69, 9.17) is 4.74 Å². The van der Waals surface area contributed by atoms with Crippen molar-refractivity contribution < 1.29 is 14.6 Å². The van der Waals surface area contributed by atoms with E-state index in [9.17, 15) is 9.90 Å². The van der Waals surface area contributed by atoms with Gasteiger partial charge in [-0.1, -0.05) is 6.07 Å². The first-order chi connectivity index (χ1) is 8.97. The van der Waals surface area contributed by atoms with Crippen molar-refractivity contribution in [1.29, 1.82) is 0 Å². The Bertz CT molecular complexity index is 466. The molecule has 1 aliphatic rings. The van der Waals surface area contributed by atoms with Crippen LogP contribution in [0, 0.1) is 6.92 Å². The van der Waals surface area contributed by atoms with Gasteiger partial charge in [-0.25, -0.2) is 0 Å². The van der Waals surface area contributed by atoms with Crippen LogP contribution in [0.3, 0.4) is 0 Å². The van der Waals surface area contributed by atoms with E-state index in [0.29, 0.717) is 11.8 Å². The number of amides is 1. The zero-order chi connectivity index (χ0) is 14.0. The Kier molecular flexibility index (Phi) is 4.10. The fourth-order valence-electron chi connectivity index (χ4n) is 1.85. The van der Waals surface area contributed by atoms with Gasteiger partial charge in [0.25, 0.3) is 5.91 Å². The fourth-order valence-corrected chi connectivity index (χ4v) is 1.85. The Morgan fingerprint density at radius 1 is 1.42 bits per heavy atom. The molecule has 104 valence electrons. The molecule has 1 unspecified atom stereocenters. The number of aliphatic hydroxyl groups excluding tert-OH is 1. The molecule has 0 radical (unpaired) electrons. The maximum absolute atomic E-state index is 11.8. The first-order valence-corrected chi connectivity index (χ1v) is 6.73. The number of carbonyl (C=O) groups is 1. The van der Waals surface area contributed by atoms with Crippen LogP contribution in [-0.2, 0) is 4.79 Å². The van der Waals surface area contributed by atoms with E-state index in [-0.39, 0.29) is 5.91 Å². The lowest BCUT2D eigenvalue weighted by Crippen LogP contribution is -2.37. The molecule has 1 aliphatic carbocycles. The minimum absolute atomic E-state index is 0.0681. The van der Waals surface area contributed by atoms with E-state index in [1.54, 1.807) is 19.9 Å². The van der Waals surface area contributed by atoms with Gasteiger partial charge in [-0.15, -0.1) is 0 Å². The number of hydrogen-bond acceptors (Lipinski definition) is 3. The molecule has 0 aliphatic heterocycles. The molecule has 4 nitrogen and oxygen atoms in total. The smallest absolute Gasteiger partial charge is 0.260 e. The number of benzene rings is 1. The highest BCUT2D eigenvalue weighted by molar-refractivity contribution is 5.81. The van der Waals surface area contributed by atoms with Crippen LogP contribution in [-0.4, -0.2) is 23.2 Å². The Morgan fingerprint density at radius 3 is 2.63 bits per heavy atom. The topological polar surface area (TPSA) is 58.6 Å². The highest BCUT2D eigenvalue weighted by Crippen LogP contribution is 2.24. The van der Waals surface area contributed by atoms with Gasteiger partial charge >= 0.3 is 0 Å². The normalized spacial score (nSPS) is 17.7. The van der Waals surface area contributed by atoms with Gasteiger partial charge in [0.05, 0.1) is 6.10 Å². The molecule has 4 heteroatoms. The summed E-state index contributed by atoms with van der Waals surface area (Å²) in [6.07, 6.45) is 1.14. The molecule has 1 amide bonds. The largest absolute Gasteiger partial charge is 0.481 e. The zero-order valence-electron chi connectivity index (χ0n) is 11.6. The molecule has 2 N–H and O–H groups in total. The SMILES string of the molecule is Cc1cc([C@@H](C)O)ccc1OC(C)C(=O)NC1CC1. The Balaban J connectivity index is 1.99. The summed E-state index contributed by atoms with van der Waals surface area (Å²) in [4.78, 5) is 11.8. The van der Waals surface area contributed by atoms with Gasteiger partial charge in [-0.05, 0) is 56.9 Å². The highest BCUT2D eigenvalue weighted by atomic mass is 16.5. The lowest BCUT2D eigenvalue weighted by molar-refractivity contribution is -0.127. The van der Waals surface area contributed by atoms with Gasteiger partial charge in [0, 0.05) is 6.04 Å². The van der Waals surface area contributed by atoms with Crippen molar-refractivity contribution in [2.45, 2.75) is 51.9 Å². The summed E-state index contributed by atoms with van der Waals surface area (Å²) < 4.78 is 5.68. The summed E-state index contributed by atoms with van der Waals surface area (Å²) in [6, 6.07) is 5.85. The monoisotopic (exact) mass is 263 g/mol. The predicted octanol–water partition coefficient (Wildman–Crippen LogP) is 2.09. The van der Waals surface area contributed by atoms with Gasteiger partial charge < -0.3 is 15.2 Å². The molecule has 2 rings (SSSR count). The van der Waals surface area contributed by atoms with Crippen LogP contribution < -0.4 is 10.1 Å². The Labute approximate surface area is 113 Å². The maximum atomic E-state index is 11.8. The van der Waals surface area contributed by atoms with E-state index >= 15 is 0 Å². The van der Waals surface area contributed by atoms with Gasteiger partial charge in [-0.2, -0.15) is 0 Å². The van der Waals surface area contributed by atoms with E-state index in [1.807, 2.05) is 19.1 Å². The first kappa shape index (κ1) is 13.9. The van der Waals surface area contributed by atoms with E-state index in [0.717, 1.165) is 24.0 Å². The first-order valence-electron chi connectivity index (χ1n) is 6.73. The van der Waals surface area contributed by atoms with Crippen molar-refractivity contribution in [2.24, 2.45) is 0 Å². The summed E-state index contributed by atoms with van der Waals surface area (Å²) in [7, 11) is 0. The third-order valence-corrected chi connectivity index (χ3v) is 3.28. The summed E-state index contributed by atoms with van der Waals surface area (Å²) in [6.45, 7) is 5.38. The van der Waals surface area contributed by atoms with Gasteiger partial charge in [0.15, 0.2) is 6.10 Å². The number of rotatable bonds is 5. The molecule has 19 heavy (non-hydrogen) atoms. The number of aryl methyl sites for hydroxylation is 1. The highest BCUT2D eigenvalue weighted by Gasteiger charge is 2.26. The van der Waals surface area contributed by atoms with Crippen LogP contribution in [0.15, 0.2) is 18.2 Å². The van der Waals surface area contributed by atoms with Crippen molar-refractivity contribution in [1.82, 2.24) is 5.32 Å². The number of carbonyl (C=O) groups excluding carboxylic acids is 1. The second kappa shape index (κ2) is 5.61. The standard InChI is InChI=1S/C15H21NO3/c1-9-8-12(10(2)17)4-7-14(9)19-11(3)15(18)16-13-5-6-13/h4,7-8,10-11,13,17H,5-6H2,1-3H3,(H,16,18)/t10-,11?/m1/s1. The molecule has 0 spiro atoms. The van der Waals surface area contributed by atoms with Crippen molar-refractivity contribution in [2.75, 3.05) is 0 Å². The van der Waals surface area contributed by atoms with Crippen LogP contribution in [0.2, 0.25) is 0 Å². The minimum atomic E-state index is -0.503. The molecule has 0 aromatic heterocycles. The van der Waals surface area contributed by atoms with E-state index in [2.05, 4.69) is 5.32 Å². The van der Waals surface area contributed by atoms with Crippen LogP contribution in [0.4, 0.5) is 0 Å². The molecular weight excluding hydrogens is 242 g/mol. The van der Waals surface area contributed by atoms with Crippen LogP contribution in [0.25, 0.3) is 0 Å². The van der Waals surface area contributed by atoms with Crippen LogP contribution in [0.5, 0.6) is 5.75 Å². The summed E-state index contributed by atoms with van der Waals surface area (Å²) >= 11 is 0. The number of aliphatic hydroxyl groups is 1. The van der Waals surface area contributed by atoms with Crippen molar-refractivity contribution >= 4 is 5.91 Å². The molecular formula is C15H21NO3. The fraction of sp³-hybridized carbons (Fsp3) is 0.533. The van der Waals surface area contributed by atoms with Crippen molar-refractivity contribution in [3.63, 3.8) is 0 Å². The molecule has 1 aromatic carbocycles. The van der Waals surface area contributed by atoms with E-state index < -0.39 is 12.2 Å². The molecule has 2 atom stereocenters. The summed E-state index contributed by atoms with van der Waals surface area (Å²) in [5, 5.41) is 12.4. The number of hydrogen-bond donors (Lipinski definition) is 2. The molecule has 0 bridgehead atoms. The van der Waals surface area contributed by atoms with Gasteiger partial charge in [0.1, 0.15) is 5.75 Å². The molecule has 0 heterocycles. The van der Waals surface area contributed by atoms with Gasteiger partial charge in [0.2, 0.25) is 0 Å². The lowest BCUT2D eigenvalue weighted by Gasteiger charge is -2.17. The minimum Gasteiger partial charge on any atom is -0.481 e. The molecule has 0 saturated heterocycles. The zero-order valence-corrected chi connectivity index (χ0v) is 11.6. The van der Waals surface area contributed by atoms with Crippen molar-refractivity contribution in [3.8, 4) is 5.75 Å². The van der Waals surface area contributed by atoms with Crippen LogP contribution >= 0.6 is 0 Å². The maximum Gasteiger partial charge on any atom is 0.260 e. The molecule has 1 fully saturated rings. The lowest BCUT2D eigenvalue weighted by atomic mass is 10.1. The van der Waals surface area contributed by atoms with Gasteiger partial charge in [-0.3, -0.25) is 4.79 Å². The second-order valence-corrected chi connectivity index (χ2v) is 5.24. The van der Waals surface area contributed by atoms with Crippen molar-refractivity contribution in [3.05, 3.63) is 29.3 Å². The predicted molar refractivity (Wildman–Crippen MR) is 73.1 cm³/mol. The molecule has 1 aromatic rings. The third kappa shape index (κ3) is 3.70. The van der Waals surface area contributed by atoms with E-state index in [1.165, 1.54) is 0 Å². The average molecular weight is 263 g/mol. The Morgan fingerprint density at radius 2 is 2.11 bits per heavy atom. The van der Waals surface area contributed by atoms with Crippen LogP contribution in [0.1, 0.15) is 43.9 Å². The quantitative estimate of drug-likeness (QED) is 0.855. The third-order valence-electron chi connectivity index (χ3n) is 3.28. The summed E-state index contributed by atoms with van der Waals surface area (Å²) in [5.41, 5.74) is 1.77. The average Bonchev–Trinajstić information content (AvgIpc) is 3.15. The second-order valence-electron chi connectivity index (χ2n) is 5.24. The number of ether oxygens (including phenoxy) is 1. The number of nitrogens with one attached hydrogen (secondary N) is 1. The summed E-state index contributed by atoms with van der Waals surface area (Å²) in [5.74, 6) is 0.615. The Hall–Kier alpha value is -1.55. The molecule has 1 saturated carbocycles.